The van der Waals surface area contributed by atoms with Crippen molar-refractivity contribution in [3.8, 4) is 0 Å². The molecule has 0 radical (unpaired) electrons. The maximum Gasteiger partial charge on any atom is 0.158 e. The molecule has 1 heterocycles. The summed E-state index contributed by atoms with van der Waals surface area (Å²) < 4.78 is 11.7. The fraction of sp³-hybridized carbons (Fsp3) is 1.00. The third kappa shape index (κ3) is 1.89. The van der Waals surface area contributed by atoms with Gasteiger partial charge in [0, 0.05) is 5.92 Å². The van der Waals surface area contributed by atoms with Crippen molar-refractivity contribution in [2.24, 2.45) is 5.92 Å². The molecule has 2 nitrogen and oxygen atoms in total. The van der Waals surface area contributed by atoms with Crippen molar-refractivity contribution in [3.05, 3.63) is 0 Å². The smallest absolute Gasteiger partial charge is 0.158 e. The second-order valence-corrected chi connectivity index (χ2v) is 4.30. The highest BCUT2D eigenvalue weighted by Gasteiger charge is 2.37. The molecule has 0 aromatic rings. The van der Waals surface area contributed by atoms with Crippen LogP contribution < -0.4 is 0 Å². The average molecular weight is 184 g/mol. The average Bonchev–Trinajstić information content (AvgIpc) is 2.18. The van der Waals surface area contributed by atoms with Crippen LogP contribution in [-0.2, 0) is 9.47 Å². The van der Waals surface area contributed by atoms with Crippen molar-refractivity contribution in [2.45, 2.75) is 64.4 Å². The third-order valence-corrected chi connectivity index (χ3v) is 3.38. The molecule has 0 N–H and O–H groups in total. The van der Waals surface area contributed by atoms with Crippen LogP contribution in [0.4, 0.5) is 0 Å². The lowest BCUT2D eigenvalue weighted by Crippen LogP contribution is -2.46. The van der Waals surface area contributed by atoms with Crippen LogP contribution in [0.2, 0.25) is 0 Å². The summed E-state index contributed by atoms with van der Waals surface area (Å²) in [6.07, 6.45) is 7.17. The van der Waals surface area contributed by atoms with E-state index in [-0.39, 0.29) is 6.29 Å². The molecule has 1 saturated heterocycles. The summed E-state index contributed by atoms with van der Waals surface area (Å²) in [5, 5.41) is 0. The van der Waals surface area contributed by atoms with Crippen LogP contribution in [0, 0.1) is 5.92 Å². The summed E-state index contributed by atoms with van der Waals surface area (Å²) in [6, 6.07) is 0. The quantitative estimate of drug-likeness (QED) is 0.624. The molecule has 0 amide bonds. The first-order chi connectivity index (χ1) is 6.31. The van der Waals surface area contributed by atoms with Crippen molar-refractivity contribution in [1.82, 2.24) is 0 Å². The van der Waals surface area contributed by atoms with Gasteiger partial charge < -0.3 is 9.47 Å². The number of ether oxygens (including phenoxy) is 2. The van der Waals surface area contributed by atoms with Gasteiger partial charge in [-0.25, -0.2) is 0 Å². The Morgan fingerprint density at radius 2 is 1.92 bits per heavy atom. The Morgan fingerprint density at radius 3 is 2.69 bits per heavy atom. The molecule has 13 heavy (non-hydrogen) atoms. The van der Waals surface area contributed by atoms with E-state index in [1.807, 2.05) is 0 Å². The summed E-state index contributed by atoms with van der Waals surface area (Å²) in [6.45, 7) is 4.33. The van der Waals surface area contributed by atoms with Gasteiger partial charge >= 0.3 is 0 Å². The molecular formula is C11H20O2. The SMILES string of the molecule is CCC1OC(C)C2CCCCC2O1. The predicted octanol–water partition coefficient (Wildman–Crippen LogP) is 2.72. The molecule has 1 aliphatic carbocycles. The fourth-order valence-corrected chi connectivity index (χ4v) is 2.59. The highest BCUT2D eigenvalue weighted by Crippen LogP contribution is 2.35. The fourth-order valence-electron chi connectivity index (χ4n) is 2.59. The number of hydrogen-bond donors (Lipinski definition) is 0. The van der Waals surface area contributed by atoms with E-state index in [0.29, 0.717) is 18.1 Å². The van der Waals surface area contributed by atoms with Gasteiger partial charge in [-0.2, -0.15) is 0 Å². The zero-order valence-electron chi connectivity index (χ0n) is 8.66. The number of fused-ring (bicyclic) bond motifs is 1. The predicted molar refractivity (Wildman–Crippen MR) is 51.5 cm³/mol. The minimum atomic E-state index is 0.0642. The summed E-state index contributed by atoms with van der Waals surface area (Å²) in [5.41, 5.74) is 0. The van der Waals surface area contributed by atoms with E-state index in [1.165, 1.54) is 25.7 Å². The Kier molecular flexibility index (Phi) is 2.89. The van der Waals surface area contributed by atoms with Gasteiger partial charge in [0.1, 0.15) is 0 Å². The molecule has 0 spiro atoms. The summed E-state index contributed by atoms with van der Waals surface area (Å²) in [5.74, 6) is 0.663. The highest BCUT2D eigenvalue weighted by molar-refractivity contribution is 4.83. The molecule has 0 aromatic heterocycles. The standard InChI is InChI=1S/C11H20O2/c1-3-11-12-8(2)9-6-4-5-7-10(9)13-11/h8-11H,3-7H2,1-2H3. The zero-order chi connectivity index (χ0) is 9.26. The number of hydrogen-bond acceptors (Lipinski definition) is 2. The second kappa shape index (κ2) is 3.97. The molecule has 76 valence electrons. The van der Waals surface area contributed by atoms with Crippen LogP contribution in [-0.4, -0.2) is 18.5 Å². The lowest BCUT2D eigenvalue weighted by molar-refractivity contribution is -0.271. The Hall–Kier alpha value is -0.0800. The van der Waals surface area contributed by atoms with Crippen LogP contribution in [0.5, 0.6) is 0 Å². The molecule has 1 saturated carbocycles. The van der Waals surface area contributed by atoms with E-state index in [1.54, 1.807) is 0 Å². The Labute approximate surface area is 80.6 Å². The lowest BCUT2D eigenvalue weighted by Gasteiger charge is -2.43. The van der Waals surface area contributed by atoms with Gasteiger partial charge in [0.15, 0.2) is 6.29 Å². The van der Waals surface area contributed by atoms with Gasteiger partial charge in [0.05, 0.1) is 12.2 Å². The normalized spacial score (nSPS) is 45.7. The maximum atomic E-state index is 5.89. The van der Waals surface area contributed by atoms with E-state index < -0.39 is 0 Å². The van der Waals surface area contributed by atoms with Crippen molar-refractivity contribution >= 4 is 0 Å². The Bertz CT molecular complexity index is 169. The monoisotopic (exact) mass is 184 g/mol. The Balaban J connectivity index is 1.99. The highest BCUT2D eigenvalue weighted by atomic mass is 16.7. The largest absolute Gasteiger partial charge is 0.349 e. The topological polar surface area (TPSA) is 18.5 Å². The maximum absolute atomic E-state index is 5.89. The van der Waals surface area contributed by atoms with E-state index in [9.17, 15) is 0 Å². The first-order valence-electron chi connectivity index (χ1n) is 5.62. The third-order valence-electron chi connectivity index (χ3n) is 3.38. The van der Waals surface area contributed by atoms with Crippen LogP contribution >= 0.6 is 0 Å². The van der Waals surface area contributed by atoms with Crippen LogP contribution in [0.25, 0.3) is 0 Å². The van der Waals surface area contributed by atoms with Gasteiger partial charge in [0.25, 0.3) is 0 Å². The second-order valence-electron chi connectivity index (χ2n) is 4.30. The molecule has 0 aromatic carbocycles. The van der Waals surface area contributed by atoms with E-state index >= 15 is 0 Å². The van der Waals surface area contributed by atoms with Crippen molar-refractivity contribution in [1.29, 1.82) is 0 Å². The molecule has 4 atom stereocenters. The van der Waals surface area contributed by atoms with Crippen LogP contribution in [0.15, 0.2) is 0 Å². The van der Waals surface area contributed by atoms with Crippen LogP contribution in [0.3, 0.4) is 0 Å². The molecule has 2 fully saturated rings. The minimum absolute atomic E-state index is 0.0642. The Morgan fingerprint density at radius 1 is 1.15 bits per heavy atom. The molecule has 2 heteroatoms. The summed E-state index contributed by atoms with van der Waals surface area (Å²) in [4.78, 5) is 0. The van der Waals surface area contributed by atoms with E-state index in [0.717, 1.165) is 6.42 Å². The van der Waals surface area contributed by atoms with Crippen LogP contribution in [0.1, 0.15) is 46.0 Å². The lowest BCUT2D eigenvalue weighted by atomic mass is 9.82. The summed E-state index contributed by atoms with van der Waals surface area (Å²) >= 11 is 0. The van der Waals surface area contributed by atoms with E-state index in [4.69, 9.17) is 9.47 Å². The molecule has 2 aliphatic rings. The molecule has 2 rings (SSSR count). The first-order valence-corrected chi connectivity index (χ1v) is 5.62. The van der Waals surface area contributed by atoms with Crippen molar-refractivity contribution < 1.29 is 9.47 Å². The van der Waals surface area contributed by atoms with Gasteiger partial charge in [-0.05, 0) is 26.2 Å². The molecule has 1 aliphatic heterocycles. The summed E-state index contributed by atoms with van der Waals surface area (Å²) in [7, 11) is 0. The van der Waals surface area contributed by atoms with Crippen molar-refractivity contribution in [2.75, 3.05) is 0 Å². The van der Waals surface area contributed by atoms with Gasteiger partial charge in [0.2, 0.25) is 0 Å². The molecule has 4 unspecified atom stereocenters. The molecular weight excluding hydrogens is 164 g/mol. The van der Waals surface area contributed by atoms with Crippen molar-refractivity contribution in [3.63, 3.8) is 0 Å². The first kappa shape index (κ1) is 9.47. The number of rotatable bonds is 1. The van der Waals surface area contributed by atoms with Gasteiger partial charge in [-0.1, -0.05) is 19.8 Å². The van der Waals surface area contributed by atoms with E-state index in [2.05, 4.69) is 13.8 Å². The van der Waals surface area contributed by atoms with Gasteiger partial charge in [-0.3, -0.25) is 0 Å². The zero-order valence-corrected chi connectivity index (χ0v) is 8.66. The minimum Gasteiger partial charge on any atom is -0.349 e. The van der Waals surface area contributed by atoms with Gasteiger partial charge in [-0.15, -0.1) is 0 Å². The molecule has 0 bridgehead atoms.